The topological polar surface area (TPSA) is 78.4 Å². The van der Waals surface area contributed by atoms with E-state index < -0.39 is 0 Å². The van der Waals surface area contributed by atoms with Gasteiger partial charge in [0.05, 0.1) is 33.5 Å². The zero-order chi connectivity index (χ0) is 32.3. The Kier molecular flexibility index (Phi) is 8.85. The Bertz CT molecular complexity index is 2130. The number of hydrogen-bond acceptors (Lipinski definition) is 5. The lowest BCUT2D eigenvalue weighted by Crippen LogP contribution is -2.50. The monoisotopic (exact) mass is 659 g/mol. The molecule has 0 atom stereocenters. The SMILES string of the molecule is O=C(NCCN1CCN(C(=O)c2cc(-c3ccccc3Cl)nc3ccccc23)CC1)c1cc(-c2ccccc2Cl)nc2ccccc12. The highest BCUT2D eigenvalue weighted by molar-refractivity contribution is 6.33. The highest BCUT2D eigenvalue weighted by atomic mass is 35.5. The number of nitrogens with zero attached hydrogens (tertiary/aromatic N) is 4. The summed E-state index contributed by atoms with van der Waals surface area (Å²) in [4.78, 5) is 41.1. The number of carbonyl (C=O) groups excluding carboxylic acids is 2. The first-order valence-corrected chi connectivity index (χ1v) is 16.3. The first-order valence-electron chi connectivity index (χ1n) is 15.6. The highest BCUT2D eigenvalue weighted by Crippen LogP contribution is 2.31. The van der Waals surface area contributed by atoms with Gasteiger partial charge in [-0.3, -0.25) is 14.5 Å². The lowest BCUT2D eigenvalue weighted by atomic mass is 10.0. The Balaban J connectivity index is 1.01. The number of piperazine rings is 1. The van der Waals surface area contributed by atoms with Crippen molar-refractivity contribution in [2.24, 2.45) is 0 Å². The maximum absolute atomic E-state index is 13.9. The molecule has 1 N–H and O–H groups in total. The summed E-state index contributed by atoms with van der Waals surface area (Å²) in [6, 6.07) is 34.0. The smallest absolute Gasteiger partial charge is 0.254 e. The van der Waals surface area contributed by atoms with Crippen LogP contribution in [0.3, 0.4) is 0 Å². The van der Waals surface area contributed by atoms with Crippen LogP contribution in [0.2, 0.25) is 10.0 Å². The van der Waals surface area contributed by atoms with Crippen molar-refractivity contribution >= 4 is 56.8 Å². The largest absolute Gasteiger partial charge is 0.351 e. The standard InChI is InChI=1S/C38H31Cl2N5O2/c39-31-13-5-1-11-27(31)35-23-29(25-9-3-7-15-33(25)42-35)37(46)41-17-18-44-19-21-45(22-20-44)38(47)30-24-36(28-12-2-6-14-32(28)40)43-34-16-8-4-10-26(30)34/h1-16,23-24H,17-22H2,(H,41,46). The van der Waals surface area contributed by atoms with E-state index in [1.165, 1.54) is 0 Å². The molecule has 1 aliphatic rings. The number of amides is 2. The first-order chi connectivity index (χ1) is 23.0. The van der Waals surface area contributed by atoms with Gasteiger partial charge in [0, 0.05) is 71.2 Å². The Hall–Kier alpha value is -4.82. The second-order valence-corrected chi connectivity index (χ2v) is 12.3. The van der Waals surface area contributed by atoms with Crippen LogP contribution in [0.1, 0.15) is 20.7 Å². The number of rotatable bonds is 7. The molecule has 1 saturated heterocycles. The molecule has 0 bridgehead atoms. The fourth-order valence-electron chi connectivity index (χ4n) is 6.10. The summed E-state index contributed by atoms with van der Waals surface area (Å²) in [7, 11) is 0. The number of fused-ring (bicyclic) bond motifs is 2. The third-order valence-corrected chi connectivity index (χ3v) is 9.24. The van der Waals surface area contributed by atoms with Gasteiger partial charge in [0.25, 0.3) is 11.8 Å². The Morgan fingerprint density at radius 2 is 1.13 bits per heavy atom. The number of para-hydroxylation sites is 2. The average molecular weight is 661 g/mol. The summed E-state index contributed by atoms with van der Waals surface area (Å²) in [5.41, 5.74) is 5.56. The molecule has 6 aromatic rings. The van der Waals surface area contributed by atoms with Crippen molar-refractivity contribution in [3.63, 3.8) is 0 Å². The number of aromatic nitrogens is 2. The van der Waals surface area contributed by atoms with Gasteiger partial charge >= 0.3 is 0 Å². The number of pyridine rings is 2. The predicted molar refractivity (Wildman–Crippen MR) is 189 cm³/mol. The van der Waals surface area contributed by atoms with E-state index in [9.17, 15) is 9.59 Å². The summed E-state index contributed by atoms with van der Waals surface area (Å²) in [6.07, 6.45) is 0. The zero-order valence-corrected chi connectivity index (χ0v) is 27.0. The second kappa shape index (κ2) is 13.5. The highest BCUT2D eigenvalue weighted by Gasteiger charge is 2.25. The minimum absolute atomic E-state index is 0.0243. The van der Waals surface area contributed by atoms with E-state index in [0.29, 0.717) is 71.8 Å². The van der Waals surface area contributed by atoms with Gasteiger partial charge in [0.15, 0.2) is 0 Å². The van der Waals surface area contributed by atoms with Crippen molar-refractivity contribution < 1.29 is 9.59 Å². The number of halogens is 2. The van der Waals surface area contributed by atoms with Crippen molar-refractivity contribution in [2.45, 2.75) is 0 Å². The summed E-state index contributed by atoms with van der Waals surface area (Å²) in [5, 5.41) is 5.88. The van der Waals surface area contributed by atoms with Crippen molar-refractivity contribution in [1.82, 2.24) is 25.1 Å². The lowest BCUT2D eigenvalue weighted by Gasteiger charge is -2.35. The van der Waals surface area contributed by atoms with Crippen LogP contribution in [0, 0.1) is 0 Å². The van der Waals surface area contributed by atoms with E-state index in [0.717, 1.165) is 32.9 Å². The van der Waals surface area contributed by atoms with Crippen LogP contribution < -0.4 is 5.32 Å². The third-order valence-electron chi connectivity index (χ3n) is 8.58. The van der Waals surface area contributed by atoms with E-state index >= 15 is 0 Å². The summed E-state index contributed by atoms with van der Waals surface area (Å²) in [6.45, 7) is 3.72. The molecule has 0 radical (unpaired) electrons. The molecule has 4 aromatic carbocycles. The minimum Gasteiger partial charge on any atom is -0.351 e. The van der Waals surface area contributed by atoms with Crippen LogP contribution in [0.25, 0.3) is 44.3 Å². The van der Waals surface area contributed by atoms with Gasteiger partial charge in [-0.25, -0.2) is 9.97 Å². The molecule has 7 nitrogen and oxygen atoms in total. The van der Waals surface area contributed by atoms with Crippen LogP contribution in [0.15, 0.2) is 109 Å². The van der Waals surface area contributed by atoms with E-state index in [4.69, 9.17) is 33.2 Å². The fourth-order valence-corrected chi connectivity index (χ4v) is 6.56. The molecular weight excluding hydrogens is 629 g/mol. The molecule has 0 aliphatic carbocycles. The molecule has 1 fully saturated rings. The van der Waals surface area contributed by atoms with Crippen LogP contribution in [0.5, 0.6) is 0 Å². The molecule has 2 aromatic heterocycles. The third kappa shape index (κ3) is 6.43. The number of carbonyl (C=O) groups is 2. The van der Waals surface area contributed by atoms with Crippen LogP contribution >= 0.6 is 23.2 Å². The molecule has 47 heavy (non-hydrogen) atoms. The van der Waals surface area contributed by atoms with E-state index in [1.54, 1.807) is 0 Å². The molecule has 0 unspecified atom stereocenters. The number of nitrogens with one attached hydrogen (secondary N) is 1. The molecule has 9 heteroatoms. The quantitative estimate of drug-likeness (QED) is 0.191. The van der Waals surface area contributed by atoms with E-state index in [1.807, 2.05) is 114 Å². The Morgan fingerprint density at radius 3 is 1.70 bits per heavy atom. The summed E-state index contributed by atoms with van der Waals surface area (Å²) in [5.74, 6) is -0.187. The second-order valence-electron chi connectivity index (χ2n) is 11.5. The van der Waals surface area contributed by atoms with Gasteiger partial charge in [0.2, 0.25) is 0 Å². The maximum Gasteiger partial charge on any atom is 0.254 e. The Morgan fingerprint density at radius 1 is 0.638 bits per heavy atom. The Labute approximate surface area is 282 Å². The van der Waals surface area contributed by atoms with Gasteiger partial charge in [-0.2, -0.15) is 0 Å². The average Bonchev–Trinajstić information content (AvgIpc) is 3.11. The van der Waals surface area contributed by atoms with Gasteiger partial charge in [-0.15, -0.1) is 0 Å². The molecule has 3 heterocycles. The fraction of sp³-hybridized carbons (Fsp3) is 0.158. The van der Waals surface area contributed by atoms with E-state index in [2.05, 4.69) is 10.2 Å². The van der Waals surface area contributed by atoms with Gasteiger partial charge in [-0.1, -0.05) is 96.0 Å². The maximum atomic E-state index is 13.9. The number of benzene rings is 4. The van der Waals surface area contributed by atoms with Crippen molar-refractivity contribution in [3.05, 3.63) is 130 Å². The van der Waals surface area contributed by atoms with E-state index in [-0.39, 0.29) is 11.8 Å². The minimum atomic E-state index is -0.162. The van der Waals surface area contributed by atoms with Gasteiger partial charge < -0.3 is 10.2 Å². The lowest BCUT2D eigenvalue weighted by molar-refractivity contribution is 0.0640. The first kappa shape index (κ1) is 30.8. The van der Waals surface area contributed by atoms with Crippen LogP contribution in [-0.2, 0) is 0 Å². The van der Waals surface area contributed by atoms with Crippen molar-refractivity contribution in [2.75, 3.05) is 39.3 Å². The normalized spacial score (nSPS) is 13.6. The molecule has 2 amide bonds. The molecule has 0 spiro atoms. The van der Waals surface area contributed by atoms with Crippen LogP contribution in [-0.4, -0.2) is 70.9 Å². The summed E-state index contributed by atoms with van der Waals surface area (Å²) < 4.78 is 0. The predicted octanol–water partition coefficient (Wildman–Crippen LogP) is 7.61. The van der Waals surface area contributed by atoms with Crippen molar-refractivity contribution in [1.29, 1.82) is 0 Å². The van der Waals surface area contributed by atoms with Gasteiger partial charge in [-0.05, 0) is 36.4 Å². The number of hydrogen-bond donors (Lipinski definition) is 1. The molecule has 234 valence electrons. The van der Waals surface area contributed by atoms with Crippen LogP contribution in [0.4, 0.5) is 0 Å². The molecule has 1 aliphatic heterocycles. The van der Waals surface area contributed by atoms with Crippen molar-refractivity contribution in [3.8, 4) is 22.5 Å². The zero-order valence-electron chi connectivity index (χ0n) is 25.5. The molecule has 7 rings (SSSR count). The summed E-state index contributed by atoms with van der Waals surface area (Å²) >= 11 is 13.0. The molecule has 0 saturated carbocycles. The van der Waals surface area contributed by atoms with Gasteiger partial charge in [0.1, 0.15) is 0 Å². The molecular formula is C38H31Cl2N5O2.